The highest BCUT2D eigenvalue weighted by Crippen LogP contribution is 2.41. The molecule has 0 N–H and O–H groups in total. The third kappa shape index (κ3) is 6.37. The molecule has 6 heteroatoms. The minimum atomic E-state index is -0.349. The van der Waals surface area contributed by atoms with Gasteiger partial charge in [-0.05, 0) is 50.9 Å². The zero-order valence-corrected chi connectivity index (χ0v) is 20.0. The maximum Gasteiger partial charge on any atom is 0.497 e. The fourth-order valence-electron chi connectivity index (χ4n) is 2.24. The van der Waals surface area contributed by atoms with E-state index in [0.29, 0.717) is 0 Å². The van der Waals surface area contributed by atoms with E-state index in [1.165, 1.54) is 0 Å². The lowest BCUT2D eigenvalue weighted by molar-refractivity contribution is 0.00578. The molecule has 0 spiro atoms. The number of hydrogen-bond donors (Lipinski definition) is 0. The minimum absolute atomic E-state index is 0.324. The zero-order chi connectivity index (χ0) is 21.1. The van der Waals surface area contributed by atoms with Crippen molar-refractivity contribution < 1.29 is 9.31 Å². The smallest absolute Gasteiger partial charge is 0.399 e. The summed E-state index contributed by atoms with van der Waals surface area (Å²) in [6.07, 6.45) is 5.80. The Morgan fingerprint density at radius 1 is 1.08 bits per heavy atom. The van der Waals surface area contributed by atoms with Gasteiger partial charge >= 0.3 is 7.12 Å². The largest absolute Gasteiger partial charge is 0.497 e. The van der Waals surface area contributed by atoms with Crippen LogP contribution in [0.1, 0.15) is 69.2 Å². The van der Waals surface area contributed by atoms with Gasteiger partial charge in [0.2, 0.25) is 0 Å². The van der Waals surface area contributed by atoms with E-state index in [9.17, 15) is 0 Å². The molecule has 2 rings (SSSR count). The van der Waals surface area contributed by atoms with Crippen molar-refractivity contribution in [1.29, 1.82) is 0 Å². The van der Waals surface area contributed by atoms with Crippen molar-refractivity contribution >= 4 is 22.3 Å². The molecule has 0 aromatic heterocycles. The second-order valence-corrected chi connectivity index (χ2v) is 6.79. The first kappa shape index (κ1) is 27.3. The van der Waals surface area contributed by atoms with Crippen LogP contribution in [0.25, 0.3) is 0 Å². The predicted octanol–water partition coefficient (Wildman–Crippen LogP) is 5.83. The third-order valence-corrected chi connectivity index (χ3v) is 4.48. The van der Waals surface area contributed by atoms with Crippen LogP contribution in [-0.2, 0) is 9.31 Å². The number of amidine groups is 1. The molecule has 0 aromatic rings. The lowest BCUT2D eigenvalue weighted by Crippen LogP contribution is -2.41. The molecule has 1 fully saturated rings. The normalized spacial score (nSPS) is 22.5. The van der Waals surface area contributed by atoms with Crippen LogP contribution in [0.3, 0.4) is 0 Å². The molecule has 2 aliphatic heterocycles. The first-order valence-electron chi connectivity index (χ1n) is 9.47. The first-order chi connectivity index (χ1) is 12.1. The van der Waals surface area contributed by atoms with E-state index in [2.05, 4.69) is 48.7 Å². The Hall–Kier alpha value is -0.895. The van der Waals surface area contributed by atoms with Gasteiger partial charge in [-0.1, -0.05) is 39.8 Å². The molecule has 1 saturated heterocycles. The minimum Gasteiger partial charge on any atom is -0.399 e. The van der Waals surface area contributed by atoms with E-state index in [4.69, 9.17) is 9.31 Å². The monoisotopic (exact) mass is 382 g/mol. The van der Waals surface area contributed by atoms with Crippen LogP contribution in [0, 0.1) is 0 Å². The molecule has 26 heavy (non-hydrogen) atoms. The summed E-state index contributed by atoms with van der Waals surface area (Å²) in [5, 5.41) is 0. The molecule has 0 aliphatic carbocycles. The molecule has 1 unspecified atom stereocenters. The van der Waals surface area contributed by atoms with E-state index in [1.54, 1.807) is 13.1 Å². The number of hydrogen-bond acceptors (Lipinski definition) is 3. The van der Waals surface area contributed by atoms with E-state index >= 15 is 0 Å². The van der Waals surface area contributed by atoms with Crippen molar-refractivity contribution in [3.8, 4) is 0 Å². The van der Waals surface area contributed by atoms with Gasteiger partial charge in [-0.2, -0.15) is 0 Å². The van der Waals surface area contributed by atoms with E-state index < -0.39 is 0 Å². The highest BCUT2D eigenvalue weighted by molar-refractivity contribution is 7.15. The van der Waals surface area contributed by atoms with Crippen LogP contribution in [0.4, 0.5) is 0 Å². The summed E-state index contributed by atoms with van der Waals surface area (Å²) in [6, 6.07) is 0. The maximum absolute atomic E-state index is 6.10. The highest BCUT2D eigenvalue weighted by atomic mass is 31.0. The van der Waals surface area contributed by atoms with Crippen molar-refractivity contribution in [2.75, 3.05) is 7.05 Å². The summed E-state index contributed by atoms with van der Waals surface area (Å²) in [7, 11) is 4.09. The fourth-order valence-corrected chi connectivity index (χ4v) is 2.65. The molecule has 0 radical (unpaired) electrons. The Balaban J connectivity index is 0. The average molecular weight is 382 g/mol. The average Bonchev–Trinajstić information content (AvgIpc) is 3.04. The molecule has 2 aliphatic rings. The predicted molar refractivity (Wildman–Crippen MR) is 121 cm³/mol. The van der Waals surface area contributed by atoms with Gasteiger partial charge in [0.05, 0.1) is 11.2 Å². The molecule has 0 aromatic carbocycles. The Bertz CT molecular complexity index is 510. The van der Waals surface area contributed by atoms with Gasteiger partial charge < -0.3 is 14.0 Å². The molecular weight excluding hydrogens is 342 g/mol. The van der Waals surface area contributed by atoms with E-state index in [0.717, 1.165) is 16.9 Å². The van der Waals surface area contributed by atoms with Gasteiger partial charge in [-0.15, -0.1) is 6.58 Å². The lowest BCUT2D eigenvalue weighted by atomic mass is 9.75. The standard InChI is InChI=1S/C13H22BN2O2P.C3H6.2C2H6/c1-7-9-10(8-16(19)11(9)15-6)14-17-12(2,3)13(4,5)18-14;1-3-2;2*1-2/h7-8H,19H2,1-6H3;3H,1H2,2H3;2*1-2H3/b9-7-,15-11?;;;. The summed E-state index contributed by atoms with van der Waals surface area (Å²) < 4.78 is 14.1. The van der Waals surface area contributed by atoms with Gasteiger partial charge in [0.15, 0.2) is 0 Å². The Morgan fingerprint density at radius 3 is 1.77 bits per heavy atom. The van der Waals surface area contributed by atoms with E-state index in [-0.39, 0.29) is 18.3 Å². The second kappa shape index (κ2) is 12.5. The quantitative estimate of drug-likeness (QED) is 0.325. The lowest BCUT2D eigenvalue weighted by Gasteiger charge is -2.32. The van der Waals surface area contributed by atoms with Crippen LogP contribution in [0.5, 0.6) is 0 Å². The summed E-state index contributed by atoms with van der Waals surface area (Å²) >= 11 is 0. The molecule has 0 saturated carbocycles. The number of allylic oxidation sites excluding steroid dienone is 2. The van der Waals surface area contributed by atoms with Crippen LogP contribution in [0.2, 0.25) is 0 Å². The number of nitrogens with zero attached hydrogens (tertiary/aromatic N) is 2. The van der Waals surface area contributed by atoms with Crippen molar-refractivity contribution in [3.05, 3.63) is 36.0 Å². The third-order valence-electron chi connectivity index (χ3n) is 4.08. The molecular formula is C20H40BN2O2P. The van der Waals surface area contributed by atoms with Gasteiger partial charge in [0.1, 0.15) is 5.84 Å². The van der Waals surface area contributed by atoms with Crippen molar-refractivity contribution in [2.24, 2.45) is 4.99 Å². The Morgan fingerprint density at radius 2 is 1.46 bits per heavy atom. The molecule has 1 atom stereocenters. The van der Waals surface area contributed by atoms with Crippen molar-refractivity contribution in [2.45, 2.75) is 80.4 Å². The molecule has 0 amide bonds. The van der Waals surface area contributed by atoms with Crippen molar-refractivity contribution in [1.82, 2.24) is 4.67 Å². The van der Waals surface area contributed by atoms with Crippen LogP contribution in [0.15, 0.2) is 41.0 Å². The van der Waals surface area contributed by atoms with Crippen LogP contribution < -0.4 is 0 Å². The summed E-state index contributed by atoms with van der Waals surface area (Å²) in [5.74, 6) is 0.914. The maximum atomic E-state index is 6.10. The molecule has 2 heterocycles. The summed E-state index contributed by atoms with van der Waals surface area (Å²) in [5.41, 5.74) is 1.44. The molecule has 4 nitrogen and oxygen atoms in total. The second-order valence-electron chi connectivity index (χ2n) is 6.24. The van der Waals surface area contributed by atoms with Crippen molar-refractivity contribution in [3.63, 3.8) is 0 Å². The van der Waals surface area contributed by atoms with Gasteiger partial charge in [-0.25, -0.2) is 0 Å². The topological polar surface area (TPSA) is 34.1 Å². The first-order valence-corrected chi connectivity index (χ1v) is 9.99. The van der Waals surface area contributed by atoms with E-state index in [1.807, 2.05) is 58.5 Å². The Kier molecular flexibility index (Phi) is 13.1. The SMILES string of the molecule is C/C=C1/C(B2OC(C)(C)C(C)(C)O2)=CN(P)C1=NC.C=CC.CC.CC. The van der Waals surface area contributed by atoms with Gasteiger partial charge in [0.25, 0.3) is 0 Å². The highest BCUT2D eigenvalue weighted by Gasteiger charge is 2.54. The fraction of sp³-hybridized carbons (Fsp3) is 0.650. The number of rotatable bonds is 1. The summed E-state index contributed by atoms with van der Waals surface area (Å²) in [6.45, 7) is 23.5. The molecule has 0 bridgehead atoms. The van der Waals surface area contributed by atoms with Crippen LogP contribution in [-0.4, -0.2) is 35.9 Å². The Labute approximate surface area is 165 Å². The van der Waals surface area contributed by atoms with Gasteiger partial charge in [0, 0.05) is 24.3 Å². The molecule has 150 valence electrons. The van der Waals surface area contributed by atoms with Crippen LogP contribution >= 0.6 is 9.39 Å². The number of aliphatic imine (C=N–C) groups is 1. The summed E-state index contributed by atoms with van der Waals surface area (Å²) in [4.78, 5) is 4.31. The zero-order valence-electron chi connectivity index (χ0n) is 18.8. The van der Waals surface area contributed by atoms with Gasteiger partial charge in [-0.3, -0.25) is 4.99 Å².